The summed E-state index contributed by atoms with van der Waals surface area (Å²) in [6.07, 6.45) is 39.0. The molecule has 3 aromatic carbocycles. The van der Waals surface area contributed by atoms with E-state index in [1.807, 2.05) is 106 Å². The number of amides is 5. The van der Waals surface area contributed by atoms with E-state index in [0.29, 0.717) is 176 Å². The number of benzene rings is 3. The summed E-state index contributed by atoms with van der Waals surface area (Å²) in [4.78, 5) is 101. The van der Waals surface area contributed by atoms with E-state index in [0.717, 1.165) is 226 Å². The van der Waals surface area contributed by atoms with Crippen LogP contribution in [-0.4, -0.2) is 133 Å². The molecule has 3 unspecified atom stereocenters. The number of nitrogens with zero attached hydrogens (tertiary/aromatic N) is 7. The lowest BCUT2D eigenvalue weighted by Gasteiger charge is -2.58. The summed E-state index contributed by atoms with van der Waals surface area (Å²) in [7, 11) is 2.15. The Morgan fingerprint density at radius 3 is 1.14 bits per heavy atom. The van der Waals surface area contributed by atoms with E-state index in [-0.39, 0.29) is 77.1 Å². The second-order valence-corrected chi connectivity index (χ2v) is 43.9. The second kappa shape index (κ2) is 47.7. The highest BCUT2D eigenvalue weighted by molar-refractivity contribution is 6.31. The van der Waals surface area contributed by atoms with Crippen LogP contribution in [0.4, 0.5) is 0 Å². The first-order chi connectivity index (χ1) is 67.6. The lowest BCUT2D eigenvalue weighted by atomic mass is 9.49. The number of halogens is 2. The highest BCUT2D eigenvalue weighted by Crippen LogP contribution is 2.61. The zero-order valence-corrected chi connectivity index (χ0v) is 83.5. The van der Waals surface area contributed by atoms with E-state index in [1.54, 1.807) is 25.1 Å². The van der Waals surface area contributed by atoms with Crippen molar-refractivity contribution in [3.63, 3.8) is 0 Å². The molecule has 6 aromatic heterocycles. The topological polar surface area (TPSA) is 434 Å². The largest absolute Gasteiger partial charge is 0.361 e. The van der Waals surface area contributed by atoms with Crippen LogP contribution in [0.15, 0.2) is 142 Å². The average Bonchev–Trinajstić information content (AvgIpc) is 1.66. The summed E-state index contributed by atoms with van der Waals surface area (Å²) >= 11 is 12.8. The molecule has 11 aliphatic carbocycles. The van der Waals surface area contributed by atoms with Crippen molar-refractivity contribution in [1.82, 2.24) is 62.4 Å². The first-order valence-electron chi connectivity index (χ1n) is 52.0. The third kappa shape index (κ3) is 28.6. The lowest BCUT2D eigenvalue weighted by Crippen LogP contribution is -2.56. The minimum Gasteiger partial charge on any atom is -0.361 e. The van der Waals surface area contributed by atoms with Crippen LogP contribution in [0.3, 0.4) is 0 Å². The van der Waals surface area contributed by atoms with Gasteiger partial charge in [0.05, 0.1) is 18.1 Å². The van der Waals surface area contributed by atoms with Gasteiger partial charge in [-0.25, -0.2) is 0 Å². The number of Topliss-reactive ketones (excluding diaryl/α,β-unsaturated/α-hetero) is 3. The number of nitrogens with one attached hydrogen (secondary N) is 5. The first kappa shape index (κ1) is 103. The van der Waals surface area contributed by atoms with Gasteiger partial charge >= 0.3 is 0 Å². The molecule has 12 fully saturated rings. The van der Waals surface area contributed by atoms with Gasteiger partial charge in [-0.05, 0) is 283 Å². The van der Waals surface area contributed by atoms with Crippen molar-refractivity contribution in [1.29, 1.82) is 0 Å². The molecule has 21 rings (SSSR count). The van der Waals surface area contributed by atoms with Crippen LogP contribution in [0, 0.1) is 53.3 Å². The minimum atomic E-state index is -0.200. The number of carbonyl (C=O) groups is 8. The smallest absolute Gasteiger partial charge is 0.273 e. The normalized spacial score (nSPS) is 24.3. The SMILES string of the molecule is CCc1cc(C(=O)NC(c2ccccc2Cl)C2CCCCC2)no1.CN1CCC(C(NC(=O)c2cc(C3CC3)on2)c2ccccc2)CC1.C[C@@H](N)CC(=O)NC1CC2(CC(CC(=O)c3cc(C4CC4)on3)C2)C1.C[C@@H](N)CC(=O)NC1CC2(CC(CC(=O)c3cc(C4CC4)on3)C2)C1.Cc1cc(C(=O)CC2CCC(N)CC2)no1.O=C(NC(c1ccccc1Cl)C1CCCCC1)c1cc(C2CC2)on1. The summed E-state index contributed by atoms with van der Waals surface area (Å²) in [5, 5.41) is 40.6. The number of carbonyl (C=O) groups excluding carboxylic acids is 8. The minimum absolute atomic E-state index is 0.0171. The Morgan fingerprint density at radius 2 is 0.757 bits per heavy atom. The van der Waals surface area contributed by atoms with E-state index in [4.69, 9.17) is 67.5 Å². The quantitative estimate of drug-likeness (QED) is 0.0182. The molecular weight excluding hydrogens is 1810 g/mol. The maximum Gasteiger partial charge on any atom is 0.273 e. The molecule has 31 heteroatoms. The number of hydrogen-bond acceptors (Lipinski definition) is 24. The van der Waals surface area contributed by atoms with Crippen LogP contribution in [-0.2, 0) is 16.0 Å². The average molecular weight is 1960 g/mol. The van der Waals surface area contributed by atoms with Crippen LogP contribution in [0.5, 0.6) is 0 Å². The molecule has 1 saturated heterocycles. The Labute approximate surface area is 831 Å². The van der Waals surface area contributed by atoms with E-state index >= 15 is 0 Å². The number of nitrogens with two attached hydrogens (primary N) is 3. The molecule has 9 aromatic rings. The van der Waals surface area contributed by atoms with Crippen LogP contribution in [0.25, 0.3) is 0 Å². The van der Waals surface area contributed by atoms with Crippen molar-refractivity contribution >= 4 is 70.1 Å². The number of aromatic nitrogens is 6. The van der Waals surface area contributed by atoms with Gasteiger partial charge < -0.3 is 75.8 Å². The van der Waals surface area contributed by atoms with Crippen LogP contribution < -0.4 is 43.8 Å². The molecule has 5 amide bonds. The van der Waals surface area contributed by atoms with Gasteiger partial charge in [0, 0.05) is 139 Å². The van der Waals surface area contributed by atoms with E-state index in [2.05, 4.69) is 81.6 Å². The van der Waals surface area contributed by atoms with Gasteiger partial charge in [0.1, 0.15) is 51.6 Å². The Morgan fingerprint density at radius 1 is 0.407 bits per heavy atom. The summed E-state index contributed by atoms with van der Waals surface area (Å²) in [5.41, 5.74) is 23.6. The summed E-state index contributed by atoms with van der Waals surface area (Å²) in [6.45, 7) is 9.59. The third-order valence-corrected chi connectivity index (χ3v) is 31.5. The zero-order valence-electron chi connectivity index (χ0n) is 82.0. The molecule has 140 heavy (non-hydrogen) atoms. The van der Waals surface area contributed by atoms with Gasteiger partial charge in [0.25, 0.3) is 17.7 Å². The molecule has 11 saturated carbocycles. The standard InChI is InChI=1S/C20H23ClN2O2.C20H25N3O2.C19H23ClN2O2.2C19H27N3O3.C12H18N2O2/c21-16-9-5-4-8-15(16)19(14-6-2-1-3-7-14)22-20(24)17-12-18(25-23-17)13-10-11-13;1-23-11-9-16(10-12-23)19(15-5-3-2-4-6-15)21-20(24)17-13-18(25-22-17)14-7-8-14;1-2-14-12-17(22-24-14)19(23)21-18(13-8-4-3-5-9-13)15-10-6-7-11-16(15)20;2*1-11(20)4-18(24)21-14-9-19(10-14)7-12(8-19)5-16(23)15-6-17(25-22-15)13-2-3-13;1-8-6-11(14-16-8)12(15)7-9-2-4-10(13)5-3-9/h4-5,8-9,12-14,19H,1-3,6-7,10-11H2,(H,22,24);2-6,13-14,16,19H,7-12H2,1H3,(H,21,24);6-7,10-13,18H,2-5,8-9H2,1H3,(H,21,23);2*6,11-14H,2-5,7-10,20H2,1H3,(H,21,24);6,9-10H,2-5,7,13H2,1H3/t;;;2*11-,12?,14?,19?;/m...11./s1. The number of piperidine rings is 1. The molecule has 752 valence electrons. The van der Waals surface area contributed by atoms with Crippen molar-refractivity contribution in [2.75, 3.05) is 20.1 Å². The number of hydrogen-bond donors (Lipinski definition) is 8. The van der Waals surface area contributed by atoms with Crippen molar-refractivity contribution in [2.24, 2.45) is 63.5 Å². The van der Waals surface area contributed by atoms with Crippen molar-refractivity contribution < 1.29 is 65.5 Å². The highest BCUT2D eigenvalue weighted by Gasteiger charge is 2.55. The fourth-order valence-corrected chi connectivity index (χ4v) is 23.0. The number of ketones is 3. The summed E-state index contributed by atoms with van der Waals surface area (Å²) < 4.78 is 31.3. The molecule has 0 radical (unpaired) electrons. The number of aryl methyl sites for hydroxylation is 2. The molecule has 11 N–H and O–H groups in total. The second-order valence-electron chi connectivity index (χ2n) is 43.1. The highest BCUT2D eigenvalue weighted by atomic mass is 35.5. The number of rotatable bonds is 32. The molecular formula is C109H143Cl2N15O14. The predicted octanol–water partition coefficient (Wildman–Crippen LogP) is 20.7. The molecule has 1 aliphatic heterocycles. The monoisotopic (exact) mass is 1960 g/mol. The van der Waals surface area contributed by atoms with Crippen LogP contribution in [0.1, 0.15) is 414 Å². The van der Waals surface area contributed by atoms with Crippen LogP contribution >= 0.6 is 23.2 Å². The van der Waals surface area contributed by atoms with E-state index in [1.165, 1.54) is 38.5 Å². The third-order valence-electron chi connectivity index (χ3n) is 30.8. The first-order valence-corrected chi connectivity index (χ1v) is 52.7. The van der Waals surface area contributed by atoms with Crippen molar-refractivity contribution in [3.05, 3.63) is 211 Å². The zero-order chi connectivity index (χ0) is 98.1. The Balaban J connectivity index is 0.000000122. The maximum atomic E-state index is 12.8. The molecule has 7 heterocycles. The Hall–Kier alpha value is -10.3. The fourth-order valence-electron chi connectivity index (χ4n) is 22.5. The lowest BCUT2D eigenvalue weighted by molar-refractivity contribution is -0.126. The van der Waals surface area contributed by atoms with E-state index in [9.17, 15) is 38.4 Å². The molecule has 29 nitrogen and oxygen atoms in total. The van der Waals surface area contributed by atoms with E-state index < -0.39 is 0 Å². The summed E-state index contributed by atoms with van der Waals surface area (Å²) in [5.74, 6) is 9.27. The maximum absolute atomic E-state index is 12.8. The van der Waals surface area contributed by atoms with Crippen molar-refractivity contribution in [2.45, 2.75) is 344 Å². The Kier molecular flexibility index (Phi) is 35.0. The molecule has 12 aliphatic rings. The Bertz CT molecular complexity index is 5470. The van der Waals surface area contributed by atoms with Gasteiger partial charge in [-0.3, -0.25) is 38.4 Å². The molecule has 5 atom stereocenters. The predicted molar refractivity (Wildman–Crippen MR) is 530 cm³/mol. The summed E-state index contributed by atoms with van der Waals surface area (Å²) in [6, 6.07) is 37.1. The van der Waals surface area contributed by atoms with Gasteiger partial charge in [0.15, 0.2) is 34.4 Å². The number of likely N-dealkylation sites (tertiary alicyclic amines) is 1. The fraction of sp³-hybridized carbons (Fsp3) is 0.596. The van der Waals surface area contributed by atoms with Gasteiger partial charge in [-0.1, -0.05) is 166 Å². The van der Waals surface area contributed by atoms with Crippen LogP contribution in [0.2, 0.25) is 10.0 Å². The van der Waals surface area contributed by atoms with Crippen molar-refractivity contribution in [3.8, 4) is 0 Å². The van der Waals surface area contributed by atoms with Gasteiger partial charge in [-0.2, -0.15) is 0 Å². The molecule has 0 bridgehead atoms. The molecule has 2 spiro atoms. The van der Waals surface area contributed by atoms with Gasteiger partial charge in [-0.15, -0.1) is 0 Å². The van der Waals surface area contributed by atoms with Gasteiger partial charge in [0.2, 0.25) is 11.8 Å².